The Kier molecular flexibility index (Phi) is 7.61. The summed E-state index contributed by atoms with van der Waals surface area (Å²) >= 11 is 0. The Morgan fingerprint density at radius 1 is 1.21 bits per heavy atom. The highest BCUT2D eigenvalue weighted by atomic mass is 32.2. The highest BCUT2D eigenvalue weighted by Gasteiger charge is 2.20. The minimum Gasteiger partial charge on any atom is -0.478 e. The number of benzene rings is 1. The summed E-state index contributed by atoms with van der Waals surface area (Å²) < 4.78 is 33.2. The van der Waals surface area contributed by atoms with Gasteiger partial charge in [0.25, 0.3) is 10.0 Å². The molecule has 3 rings (SSSR count). The zero-order valence-corrected chi connectivity index (χ0v) is 20.8. The van der Waals surface area contributed by atoms with E-state index >= 15 is 0 Å². The molecule has 182 valence electrons. The highest BCUT2D eigenvalue weighted by Crippen LogP contribution is 2.24. The molecule has 0 saturated heterocycles. The predicted molar refractivity (Wildman–Crippen MR) is 130 cm³/mol. The van der Waals surface area contributed by atoms with Crippen LogP contribution in [0.5, 0.6) is 0 Å². The molecule has 1 aromatic carbocycles. The van der Waals surface area contributed by atoms with Gasteiger partial charge < -0.3 is 14.5 Å². The van der Waals surface area contributed by atoms with Crippen molar-refractivity contribution in [2.45, 2.75) is 45.4 Å². The Balaban J connectivity index is 1.78. The Morgan fingerprint density at radius 3 is 2.44 bits per heavy atom. The summed E-state index contributed by atoms with van der Waals surface area (Å²) in [5, 5.41) is 13.7. The standard InChI is InChI=1S/C24H30N4O5S/c1-15(2)12-18-6-8-20(9-7-18)34(31,32)27-19-13-22(24(29)30)23(25-14-19)28(5)11-10-21-16(3)26-33-17(21)4/h6-9,13-15,27H,10-12H2,1-5H3,(H,29,30). The van der Waals surface area contributed by atoms with Crippen LogP contribution in [0.25, 0.3) is 0 Å². The van der Waals surface area contributed by atoms with Crippen molar-refractivity contribution < 1.29 is 22.8 Å². The molecular formula is C24H30N4O5S. The second-order valence-corrected chi connectivity index (χ2v) is 10.4. The number of carboxylic acid groups (broad SMARTS) is 1. The molecule has 34 heavy (non-hydrogen) atoms. The zero-order chi connectivity index (χ0) is 25.0. The smallest absolute Gasteiger partial charge is 0.339 e. The SMILES string of the molecule is Cc1noc(C)c1CCN(C)c1ncc(NS(=O)(=O)c2ccc(CC(C)C)cc2)cc1C(=O)O. The summed E-state index contributed by atoms with van der Waals surface area (Å²) in [6.45, 7) is 8.35. The number of carbonyl (C=O) groups is 1. The first-order valence-electron chi connectivity index (χ1n) is 11.0. The molecule has 0 fully saturated rings. The largest absolute Gasteiger partial charge is 0.478 e. The maximum absolute atomic E-state index is 12.8. The Labute approximate surface area is 199 Å². The number of rotatable bonds is 10. The summed E-state index contributed by atoms with van der Waals surface area (Å²) in [6.07, 6.45) is 2.77. The average Bonchev–Trinajstić information content (AvgIpc) is 3.09. The number of pyridine rings is 1. The van der Waals surface area contributed by atoms with Crippen molar-refractivity contribution in [2.24, 2.45) is 5.92 Å². The number of aryl methyl sites for hydroxylation is 2. The van der Waals surface area contributed by atoms with Crippen LogP contribution in [-0.2, 0) is 22.9 Å². The monoisotopic (exact) mass is 486 g/mol. The van der Waals surface area contributed by atoms with E-state index in [-0.39, 0.29) is 22.0 Å². The quantitative estimate of drug-likeness (QED) is 0.439. The number of aromatic nitrogens is 2. The number of carboxylic acids is 1. The lowest BCUT2D eigenvalue weighted by Gasteiger charge is -2.20. The van der Waals surface area contributed by atoms with E-state index in [0.717, 1.165) is 29.0 Å². The topological polar surface area (TPSA) is 126 Å². The van der Waals surface area contributed by atoms with Gasteiger partial charge in [0.15, 0.2) is 0 Å². The zero-order valence-electron chi connectivity index (χ0n) is 20.0. The third-order valence-corrected chi connectivity index (χ3v) is 6.86. The molecule has 2 N–H and O–H groups in total. The first kappa shape index (κ1) is 25.2. The lowest BCUT2D eigenvalue weighted by molar-refractivity contribution is 0.0697. The van der Waals surface area contributed by atoms with Gasteiger partial charge in [-0.05, 0) is 56.4 Å². The van der Waals surface area contributed by atoms with Gasteiger partial charge in [-0.2, -0.15) is 0 Å². The van der Waals surface area contributed by atoms with Crippen molar-refractivity contribution in [3.63, 3.8) is 0 Å². The molecular weight excluding hydrogens is 456 g/mol. The van der Waals surface area contributed by atoms with E-state index in [1.54, 1.807) is 36.2 Å². The number of hydrogen-bond donors (Lipinski definition) is 2. The summed E-state index contributed by atoms with van der Waals surface area (Å²) in [4.78, 5) is 18.0. The van der Waals surface area contributed by atoms with Crippen LogP contribution >= 0.6 is 0 Å². The molecule has 0 spiro atoms. The minimum atomic E-state index is -3.90. The van der Waals surface area contributed by atoms with Crippen molar-refractivity contribution in [1.29, 1.82) is 0 Å². The van der Waals surface area contributed by atoms with E-state index in [1.165, 1.54) is 12.3 Å². The van der Waals surface area contributed by atoms with Crippen molar-refractivity contribution in [3.8, 4) is 0 Å². The fourth-order valence-corrected chi connectivity index (χ4v) is 4.74. The maximum atomic E-state index is 12.8. The van der Waals surface area contributed by atoms with Crippen molar-refractivity contribution in [3.05, 3.63) is 64.7 Å². The van der Waals surface area contributed by atoms with E-state index in [2.05, 4.69) is 28.7 Å². The molecule has 0 aliphatic heterocycles. The van der Waals surface area contributed by atoms with Gasteiger partial charge in [-0.15, -0.1) is 0 Å². The average molecular weight is 487 g/mol. The molecule has 0 unspecified atom stereocenters. The van der Waals surface area contributed by atoms with Crippen molar-refractivity contribution >= 4 is 27.5 Å². The fraction of sp³-hybridized carbons (Fsp3) is 0.375. The summed E-state index contributed by atoms with van der Waals surface area (Å²) in [6, 6.07) is 7.94. The first-order chi connectivity index (χ1) is 16.0. The lowest BCUT2D eigenvalue weighted by Crippen LogP contribution is -2.24. The van der Waals surface area contributed by atoms with Crippen LogP contribution in [0.4, 0.5) is 11.5 Å². The van der Waals surface area contributed by atoms with E-state index < -0.39 is 16.0 Å². The lowest BCUT2D eigenvalue weighted by atomic mass is 10.0. The van der Waals surface area contributed by atoms with Crippen LogP contribution < -0.4 is 9.62 Å². The second kappa shape index (κ2) is 10.3. The Morgan fingerprint density at radius 2 is 1.88 bits per heavy atom. The van der Waals surface area contributed by atoms with Crippen LogP contribution in [0, 0.1) is 19.8 Å². The molecule has 10 heteroatoms. The number of likely N-dealkylation sites (N-methyl/N-ethyl adjacent to an activating group) is 1. The number of sulfonamides is 1. The molecule has 0 amide bonds. The van der Waals surface area contributed by atoms with E-state index in [9.17, 15) is 18.3 Å². The third-order valence-electron chi connectivity index (χ3n) is 5.47. The first-order valence-corrected chi connectivity index (χ1v) is 12.4. The van der Waals surface area contributed by atoms with Crippen LogP contribution in [-0.4, -0.2) is 43.2 Å². The van der Waals surface area contributed by atoms with Crippen LogP contribution in [0.1, 0.15) is 46.8 Å². The van der Waals surface area contributed by atoms with Gasteiger partial charge in [0, 0.05) is 19.2 Å². The van der Waals surface area contributed by atoms with Crippen molar-refractivity contribution in [1.82, 2.24) is 10.1 Å². The van der Waals surface area contributed by atoms with Crippen LogP contribution in [0.2, 0.25) is 0 Å². The Hall–Kier alpha value is -3.40. The van der Waals surface area contributed by atoms with Gasteiger partial charge >= 0.3 is 5.97 Å². The van der Waals surface area contributed by atoms with Gasteiger partial charge in [0.05, 0.1) is 22.5 Å². The predicted octanol–water partition coefficient (Wildman–Crippen LogP) is 4.06. The molecule has 2 heterocycles. The number of nitrogens with one attached hydrogen (secondary N) is 1. The highest BCUT2D eigenvalue weighted by molar-refractivity contribution is 7.92. The third kappa shape index (κ3) is 5.93. The fourth-order valence-electron chi connectivity index (χ4n) is 3.71. The van der Waals surface area contributed by atoms with Gasteiger partial charge in [-0.3, -0.25) is 4.72 Å². The number of nitrogens with zero attached hydrogens (tertiary/aromatic N) is 3. The second-order valence-electron chi connectivity index (χ2n) is 8.72. The minimum absolute atomic E-state index is 0.0755. The van der Waals surface area contributed by atoms with Gasteiger partial charge in [-0.25, -0.2) is 18.2 Å². The van der Waals surface area contributed by atoms with Gasteiger partial charge in [-0.1, -0.05) is 31.1 Å². The van der Waals surface area contributed by atoms with Gasteiger partial charge in [0.2, 0.25) is 0 Å². The molecule has 2 aromatic heterocycles. The van der Waals surface area contributed by atoms with Crippen LogP contribution in [0.3, 0.4) is 0 Å². The van der Waals surface area contributed by atoms with Crippen molar-refractivity contribution in [2.75, 3.05) is 23.2 Å². The molecule has 0 aliphatic rings. The van der Waals surface area contributed by atoms with E-state index in [0.29, 0.717) is 18.9 Å². The molecule has 9 nitrogen and oxygen atoms in total. The van der Waals surface area contributed by atoms with Gasteiger partial charge in [0.1, 0.15) is 17.1 Å². The summed E-state index contributed by atoms with van der Waals surface area (Å²) in [5.74, 6) is 0.215. The summed E-state index contributed by atoms with van der Waals surface area (Å²) in [5.41, 5.74) is 2.78. The normalized spacial score (nSPS) is 11.6. The maximum Gasteiger partial charge on any atom is 0.339 e. The molecule has 0 saturated carbocycles. The summed E-state index contributed by atoms with van der Waals surface area (Å²) in [7, 11) is -2.17. The Bertz CT molecular complexity index is 1250. The van der Waals surface area contributed by atoms with E-state index in [1.807, 2.05) is 13.8 Å². The van der Waals surface area contributed by atoms with E-state index in [4.69, 9.17) is 4.52 Å². The molecule has 3 aromatic rings. The number of anilines is 2. The molecule has 0 radical (unpaired) electrons. The van der Waals surface area contributed by atoms with Crippen LogP contribution in [0.15, 0.2) is 45.9 Å². The molecule has 0 bridgehead atoms. The number of aromatic carboxylic acids is 1. The molecule has 0 atom stereocenters. The molecule has 0 aliphatic carbocycles. The number of hydrogen-bond acceptors (Lipinski definition) is 7.